The smallest absolute Gasteiger partial charge is 0.0410 e. The van der Waals surface area contributed by atoms with Crippen LogP contribution in [0.25, 0.3) is 0 Å². The summed E-state index contributed by atoms with van der Waals surface area (Å²) >= 11 is 6.00. The monoisotopic (exact) mass is 279 g/mol. The highest BCUT2D eigenvalue weighted by Crippen LogP contribution is 2.38. The normalized spacial score (nSPS) is 24.3. The van der Waals surface area contributed by atoms with Crippen molar-refractivity contribution in [2.24, 2.45) is 11.3 Å². The van der Waals surface area contributed by atoms with Crippen LogP contribution in [0.15, 0.2) is 18.2 Å². The Kier molecular flexibility index (Phi) is 4.45. The van der Waals surface area contributed by atoms with Gasteiger partial charge in [0.1, 0.15) is 0 Å². The molecule has 0 bridgehead atoms. The van der Waals surface area contributed by atoms with Crippen molar-refractivity contribution in [1.29, 1.82) is 0 Å². The molecular formula is C17H26ClN. The number of hydrogen-bond acceptors (Lipinski definition) is 1. The number of anilines is 1. The maximum atomic E-state index is 6.00. The molecule has 1 aromatic rings. The summed E-state index contributed by atoms with van der Waals surface area (Å²) < 4.78 is 0. The van der Waals surface area contributed by atoms with Gasteiger partial charge in [-0.2, -0.15) is 0 Å². The Labute approximate surface area is 122 Å². The minimum absolute atomic E-state index is 0.459. The zero-order valence-electron chi connectivity index (χ0n) is 12.6. The summed E-state index contributed by atoms with van der Waals surface area (Å²) in [5, 5.41) is 4.51. The SMILES string of the molecule is Cc1cc(Cl)ccc1NC1CCC(C(C)(C)C)CC1. The topological polar surface area (TPSA) is 12.0 Å². The van der Waals surface area contributed by atoms with E-state index in [-0.39, 0.29) is 0 Å². The van der Waals surface area contributed by atoms with Crippen molar-refractivity contribution >= 4 is 17.3 Å². The van der Waals surface area contributed by atoms with Gasteiger partial charge in [0.2, 0.25) is 0 Å². The van der Waals surface area contributed by atoms with E-state index in [2.05, 4.69) is 39.1 Å². The Morgan fingerprint density at radius 1 is 1.11 bits per heavy atom. The van der Waals surface area contributed by atoms with Crippen LogP contribution in [0, 0.1) is 18.3 Å². The van der Waals surface area contributed by atoms with Gasteiger partial charge >= 0.3 is 0 Å². The molecule has 106 valence electrons. The van der Waals surface area contributed by atoms with E-state index < -0.39 is 0 Å². The summed E-state index contributed by atoms with van der Waals surface area (Å²) in [6, 6.07) is 6.73. The molecule has 0 atom stereocenters. The molecule has 0 aromatic heterocycles. The Hall–Kier alpha value is -0.690. The van der Waals surface area contributed by atoms with Crippen LogP contribution in [-0.2, 0) is 0 Å². The number of rotatable bonds is 2. The lowest BCUT2D eigenvalue weighted by Crippen LogP contribution is -2.31. The molecular weight excluding hydrogens is 254 g/mol. The molecule has 19 heavy (non-hydrogen) atoms. The van der Waals surface area contributed by atoms with Crippen LogP contribution >= 0.6 is 11.6 Å². The zero-order chi connectivity index (χ0) is 14.0. The molecule has 0 radical (unpaired) electrons. The standard InChI is InChI=1S/C17H26ClN/c1-12-11-14(18)7-10-16(12)19-15-8-5-13(6-9-15)17(2,3)4/h7,10-11,13,15,19H,5-6,8-9H2,1-4H3. The van der Waals surface area contributed by atoms with Gasteiger partial charge in [0.25, 0.3) is 0 Å². The molecule has 0 heterocycles. The average molecular weight is 280 g/mol. The predicted molar refractivity (Wildman–Crippen MR) is 85.0 cm³/mol. The van der Waals surface area contributed by atoms with Crippen molar-refractivity contribution in [3.05, 3.63) is 28.8 Å². The lowest BCUT2D eigenvalue weighted by atomic mass is 9.71. The molecule has 1 saturated carbocycles. The van der Waals surface area contributed by atoms with E-state index in [0.29, 0.717) is 11.5 Å². The summed E-state index contributed by atoms with van der Waals surface area (Å²) in [5.41, 5.74) is 2.94. The van der Waals surface area contributed by atoms with E-state index in [1.54, 1.807) is 0 Å². The van der Waals surface area contributed by atoms with Crippen LogP contribution in [0.4, 0.5) is 5.69 Å². The fourth-order valence-electron chi connectivity index (χ4n) is 3.11. The number of nitrogens with one attached hydrogen (secondary N) is 1. The fraction of sp³-hybridized carbons (Fsp3) is 0.647. The second-order valence-corrected chi connectivity index (χ2v) is 7.45. The average Bonchev–Trinajstić information content (AvgIpc) is 2.32. The Bertz CT molecular complexity index is 425. The molecule has 2 heteroatoms. The van der Waals surface area contributed by atoms with Gasteiger partial charge in [0.15, 0.2) is 0 Å². The van der Waals surface area contributed by atoms with E-state index in [4.69, 9.17) is 11.6 Å². The van der Waals surface area contributed by atoms with Crippen molar-refractivity contribution in [3.8, 4) is 0 Å². The highest BCUT2D eigenvalue weighted by Gasteiger charge is 2.29. The molecule has 0 spiro atoms. The maximum Gasteiger partial charge on any atom is 0.0410 e. The molecule has 1 nitrogen and oxygen atoms in total. The van der Waals surface area contributed by atoms with Crippen LogP contribution in [-0.4, -0.2) is 6.04 Å². The number of halogens is 1. The molecule has 1 aromatic carbocycles. The first-order valence-corrected chi connectivity index (χ1v) is 7.77. The third-order valence-corrected chi connectivity index (χ3v) is 4.74. The summed E-state index contributed by atoms with van der Waals surface area (Å²) in [6.45, 7) is 9.23. The molecule has 0 amide bonds. The lowest BCUT2D eigenvalue weighted by Gasteiger charge is -2.37. The highest BCUT2D eigenvalue weighted by molar-refractivity contribution is 6.30. The van der Waals surface area contributed by atoms with E-state index in [1.165, 1.54) is 36.9 Å². The van der Waals surface area contributed by atoms with Crippen LogP contribution in [0.2, 0.25) is 5.02 Å². The van der Waals surface area contributed by atoms with Gasteiger partial charge in [-0.05, 0) is 67.7 Å². The van der Waals surface area contributed by atoms with Crippen molar-refractivity contribution in [1.82, 2.24) is 0 Å². The van der Waals surface area contributed by atoms with Gasteiger partial charge in [-0.25, -0.2) is 0 Å². The summed E-state index contributed by atoms with van der Waals surface area (Å²) in [5.74, 6) is 0.872. The van der Waals surface area contributed by atoms with Crippen molar-refractivity contribution in [3.63, 3.8) is 0 Å². The van der Waals surface area contributed by atoms with Gasteiger partial charge in [-0.15, -0.1) is 0 Å². The molecule has 0 unspecified atom stereocenters. The van der Waals surface area contributed by atoms with E-state index in [0.717, 1.165) is 10.9 Å². The van der Waals surface area contributed by atoms with Crippen molar-refractivity contribution < 1.29 is 0 Å². The zero-order valence-corrected chi connectivity index (χ0v) is 13.3. The van der Waals surface area contributed by atoms with Crippen molar-refractivity contribution in [2.45, 2.75) is 59.4 Å². The van der Waals surface area contributed by atoms with Gasteiger partial charge < -0.3 is 5.32 Å². The van der Waals surface area contributed by atoms with Gasteiger partial charge in [0.05, 0.1) is 0 Å². The van der Waals surface area contributed by atoms with E-state index in [9.17, 15) is 0 Å². The summed E-state index contributed by atoms with van der Waals surface area (Å²) in [7, 11) is 0. The first-order valence-electron chi connectivity index (χ1n) is 7.39. The van der Waals surface area contributed by atoms with E-state index >= 15 is 0 Å². The first kappa shape index (κ1) is 14.7. The van der Waals surface area contributed by atoms with Crippen LogP contribution in [0.1, 0.15) is 52.0 Å². The fourth-order valence-corrected chi connectivity index (χ4v) is 3.34. The number of benzene rings is 1. The number of hydrogen-bond donors (Lipinski definition) is 1. The second-order valence-electron chi connectivity index (χ2n) is 7.02. The largest absolute Gasteiger partial charge is 0.382 e. The molecule has 0 saturated heterocycles. The Balaban J connectivity index is 1.92. The molecule has 1 N–H and O–H groups in total. The van der Waals surface area contributed by atoms with Crippen molar-refractivity contribution in [2.75, 3.05) is 5.32 Å². The molecule has 1 aliphatic rings. The highest BCUT2D eigenvalue weighted by atomic mass is 35.5. The minimum atomic E-state index is 0.459. The lowest BCUT2D eigenvalue weighted by molar-refractivity contribution is 0.173. The first-order chi connectivity index (χ1) is 8.86. The van der Waals surface area contributed by atoms with Crippen LogP contribution < -0.4 is 5.32 Å². The number of aryl methyl sites for hydroxylation is 1. The van der Waals surface area contributed by atoms with Gasteiger partial charge in [-0.1, -0.05) is 32.4 Å². The third-order valence-electron chi connectivity index (χ3n) is 4.50. The summed E-state index contributed by atoms with van der Waals surface area (Å²) in [4.78, 5) is 0. The third kappa shape index (κ3) is 3.89. The minimum Gasteiger partial charge on any atom is -0.382 e. The van der Waals surface area contributed by atoms with Gasteiger partial charge in [0, 0.05) is 16.8 Å². The Morgan fingerprint density at radius 3 is 2.26 bits per heavy atom. The van der Waals surface area contributed by atoms with Crippen LogP contribution in [0.3, 0.4) is 0 Å². The van der Waals surface area contributed by atoms with Gasteiger partial charge in [-0.3, -0.25) is 0 Å². The maximum absolute atomic E-state index is 6.00. The molecule has 0 aliphatic heterocycles. The summed E-state index contributed by atoms with van der Waals surface area (Å²) in [6.07, 6.45) is 5.25. The quantitative estimate of drug-likeness (QED) is 0.736. The molecule has 1 aliphatic carbocycles. The molecule has 1 fully saturated rings. The molecule has 2 rings (SSSR count). The predicted octanol–water partition coefficient (Wildman–Crippen LogP) is 5.67. The second kappa shape index (κ2) is 5.75. The van der Waals surface area contributed by atoms with Crippen LogP contribution in [0.5, 0.6) is 0 Å². The Morgan fingerprint density at radius 2 is 1.74 bits per heavy atom. The van der Waals surface area contributed by atoms with E-state index in [1.807, 2.05) is 12.1 Å².